The van der Waals surface area contributed by atoms with E-state index in [4.69, 9.17) is 16.3 Å². The number of halogens is 1. The van der Waals surface area contributed by atoms with Crippen LogP contribution in [0, 0.1) is 0 Å². The predicted octanol–water partition coefficient (Wildman–Crippen LogP) is 3.82. The van der Waals surface area contributed by atoms with Crippen molar-refractivity contribution in [1.29, 1.82) is 0 Å². The Morgan fingerprint density at radius 3 is 2.39 bits per heavy atom. The highest BCUT2D eigenvalue weighted by Gasteiger charge is 2.13. The van der Waals surface area contributed by atoms with Gasteiger partial charge in [0.05, 0.1) is 6.61 Å². The molecule has 0 aliphatic heterocycles. The summed E-state index contributed by atoms with van der Waals surface area (Å²) in [6, 6.07) is 14.7. The molecule has 3 heteroatoms. The van der Waals surface area contributed by atoms with E-state index < -0.39 is 6.10 Å². The number of ether oxygens (including phenoxy) is 1. The molecule has 0 radical (unpaired) electrons. The maximum Gasteiger partial charge on any atom is 0.119 e. The predicted molar refractivity (Wildman–Crippen MR) is 73.1 cm³/mol. The molecule has 2 rings (SSSR count). The van der Waals surface area contributed by atoms with Crippen molar-refractivity contribution in [2.24, 2.45) is 0 Å². The van der Waals surface area contributed by atoms with Crippen molar-refractivity contribution >= 4 is 11.6 Å². The quantitative estimate of drug-likeness (QED) is 0.908. The molecule has 1 atom stereocenters. The summed E-state index contributed by atoms with van der Waals surface area (Å²) in [6.45, 7) is 2.57. The third-order valence-corrected chi connectivity index (χ3v) is 3.05. The van der Waals surface area contributed by atoms with Crippen molar-refractivity contribution in [3.63, 3.8) is 0 Å². The molecule has 0 aliphatic carbocycles. The molecule has 94 valence electrons. The first-order valence-corrected chi connectivity index (χ1v) is 6.25. The van der Waals surface area contributed by atoms with Gasteiger partial charge in [0, 0.05) is 10.6 Å². The van der Waals surface area contributed by atoms with Crippen molar-refractivity contribution in [2.45, 2.75) is 13.0 Å². The van der Waals surface area contributed by atoms with Crippen LogP contribution in [0.1, 0.15) is 24.2 Å². The maximum atomic E-state index is 10.3. The van der Waals surface area contributed by atoms with Crippen LogP contribution in [0.3, 0.4) is 0 Å². The summed E-state index contributed by atoms with van der Waals surface area (Å²) < 4.78 is 5.36. The molecule has 2 nitrogen and oxygen atoms in total. The summed E-state index contributed by atoms with van der Waals surface area (Å²) in [5.74, 6) is 0.799. The van der Waals surface area contributed by atoms with Gasteiger partial charge in [-0.3, -0.25) is 0 Å². The highest BCUT2D eigenvalue weighted by atomic mass is 35.5. The van der Waals surface area contributed by atoms with E-state index in [-0.39, 0.29) is 0 Å². The lowest BCUT2D eigenvalue weighted by Gasteiger charge is -2.13. The van der Waals surface area contributed by atoms with E-state index >= 15 is 0 Å². The van der Waals surface area contributed by atoms with Crippen LogP contribution in [-0.4, -0.2) is 11.7 Å². The Morgan fingerprint density at radius 2 is 1.78 bits per heavy atom. The Labute approximate surface area is 112 Å². The Balaban J connectivity index is 2.23. The van der Waals surface area contributed by atoms with Crippen LogP contribution in [0.5, 0.6) is 5.75 Å². The van der Waals surface area contributed by atoms with Crippen LogP contribution in [0.15, 0.2) is 48.5 Å². The van der Waals surface area contributed by atoms with E-state index in [2.05, 4.69) is 0 Å². The van der Waals surface area contributed by atoms with Crippen molar-refractivity contribution < 1.29 is 9.84 Å². The van der Waals surface area contributed by atoms with Crippen LogP contribution < -0.4 is 4.74 Å². The van der Waals surface area contributed by atoms with Crippen LogP contribution in [0.2, 0.25) is 5.02 Å². The van der Waals surface area contributed by atoms with Gasteiger partial charge in [0.25, 0.3) is 0 Å². The molecule has 2 aromatic carbocycles. The molecule has 0 heterocycles. The van der Waals surface area contributed by atoms with Gasteiger partial charge in [-0.25, -0.2) is 0 Å². The van der Waals surface area contributed by atoms with Crippen LogP contribution in [-0.2, 0) is 0 Å². The molecular weight excluding hydrogens is 248 g/mol. The lowest BCUT2D eigenvalue weighted by atomic mass is 10.0. The molecule has 0 aromatic heterocycles. The molecule has 0 unspecified atom stereocenters. The molecule has 0 spiro atoms. The lowest BCUT2D eigenvalue weighted by molar-refractivity contribution is 0.220. The molecule has 18 heavy (non-hydrogen) atoms. The third kappa shape index (κ3) is 2.84. The average Bonchev–Trinajstić information content (AvgIpc) is 2.40. The fraction of sp³-hybridized carbons (Fsp3) is 0.200. The summed E-state index contributed by atoms with van der Waals surface area (Å²) in [6.07, 6.45) is -0.714. The summed E-state index contributed by atoms with van der Waals surface area (Å²) >= 11 is 6.07. The average molecular weight is 263 g/mol. The highest BCUT2D eigenvalue weighted by molar-refractivity contribution is 6.31. The van der Waals surface area contributed by atoms with Crippen molar-refractivity contribution in [1.82, 2.24) is 0 Å². The third-order valence-electron chi connectivity index (χ3n) is 2.71. The standard InChI is InChI=1S/C15H15ClO2/c1-2-18-12-9-7-11(8-10-12)15(17)13-5-3-4-6-14(13)16/h3-10,15,17H,2H2,1H3/t15-/m0/s1. The Kier molecular flexibility index (Phi) is 4.24. The molecule has 0 aliphatic rings. The molecule has 0 saturated carbocycles. The number of hydrogen-bond acceptors (Lipinski definition) is 2. The van der Waals surface area contributed by atoms with Gasteiger partial charge >= 0.3 is 0 Å². The molecule has 0 amide bonds. The van der Waals surface area contributed by atoms with Gasteiger partial charge in [-0.1, -0.05) is 41.9 Å². The Bertz CT molecular complexity index is 508. The normalized spacial score (nSPS) is 12.2. The van der Waals surface area contributed by atoms with Crippen molar-refractivity contribution in [3.05, 3.63) is 64.7 Å². The van der Waals surface area contributed by atoms with Crippen LogP contribution in [0.25, 0.3) is 0 Å². The van der Waals surface area contributed by atoms with Gasteiger partial charge in [0.2, 0.25) is 0 Å². The first kappa shape index (κ1) is 12.9. The monoisotopic (exact) mass is 262 g/mol. The second-order valence-corrected chi connectivity index (χ2v) is 4.33. The van der Waals surface area contributed by atoms with Crippen LogP contribution in [0.4, 0.5) is 0 Å². The summed E-state index contributed by atoms with van der Waals surface area (Å²) in [4.78, 5) is 0. The minimum atomic E-state index is -0.714. The van der Waals surface area contributed by atoms with E-state index in [1.54, 1.807) is 6.07 Å². The smallest absolute Gasteiger partial charge is 0.119 e. The van der Waals surface area contributed by atoms with E-state index in [1.807, 2.05) is 49.4 Å². The molecule has 1 N–H and O–H groups in total. The van der Waals surface area contributed by atoms with E-state index in [0.29, 0.717) is 17.2 Å². The van der Waals surface area contributed by atoms with Gasteiger partial charge in [0.1, 0.15) is 11.9 Å². The van der Waals surface area contributed by atoms with Crippen molar-refractivity contribution in [2.75, 3.05) is 6.61 Å². The van der Waals surface area contributed by atoms with Gasteiger partial charge in [-0.2, -0.15) is 0 Å². The first-order valence-electron chi connectivity index (χ1n) is 5.87. The first-order chi connectivity index (χ1) is 8.72. The van der Waals surface area contributed by atoms with Gasteiger partial charge < -0.3 is 9.84 Å². The Morgan fingerprint density at radius 1 is 1.11 bits per heavy atom. The van der Waals surface area contributed by atoms with Gasteiger partial charge in [-0.05, 0) is 30.7 Å². The fourth-order valence-electron chi connectivity index (χ4n) is 1.79. The highest BCUT2D eigenvalue weighted by Crippen LogP contribution is 2.28. The minimum Gasteiger partial charge on any atom is -0.494 e. The number of aliphatic hydroxyl groups excluding tert-OH is 1. The zero-order chi connectivity index (χ0) is 13.0. The fourth-order valence-corrected chi connectivity index (χ4v) is 2.03. The van der Waals surface area contributed by atoms with Gasteiger partial charge in [-0.15, -0.1) is 0 Å². The lowest BCUT2D eigenvalue weighted by Crippen LogP contribution is -2.00. The molecule has 0 saturated heterocycles. The largest absolute Gasteiger partial charge is 0.494 e. The zero-order valence-corrected chi connectivity index (χ0v) is 10.9. The molecular formula is C15H15ClO2. The maximum absolute atomic E-state index is 10.3. The number of benzene rings is 2. The number of hydrogen-bond donors (Lipinski definition) is 1. The second kappa shape index (κ2) is 5.89. The van der Waals surface area contributed by atoms with Gasteiger partial charge in [0.15, 0.2) is 0 Å². The Hall–Kier alpha value is -1.51. The zero-order valence-electron chi connectivity index (χ0n) is 10.1. The summed E-state index contributed by atoms with van der Waals surface area (Å²) in [5, 5.41) is 10.8. The summed E-state index contributed by atoms with van der Waals surface area (Å²) in [5.41, 5.74) is 1.51. The molecule has 0 fully saturated rings. The number of rotatable bonds is 4. The topological polar surface area (TPSA) is 29.5 Å². The van der Waals surface area contributed by atoms with Crippen LogP contribution >= 0.6 is 11.6 Å². The second-order valence-electron chi connectivity index (χ2n) is 3.93. The minimum absolute atomic E-state index is 0.568. The van der Waals surface area contributed by atoms with E-state index in [1.165, 1.54) is 0 Å². The number of aliphatic hydroxyl groups is 1. The SMILES string of the molecule is CCOc1ccc([C@H](O)c2ccccc2Cl)cc1. The van der Waals surface area contributed by atoms with E-state index in [0.717, 1.165) is 11.3 Å². The van der Waals surface area contributed by atoms with Crippen molar-refractivity contribution in [3.8, 4) is 5.75 Å². The molecule has 0 bridgehead atoms. The summed E-state index contributed by atoms with van der Waals surface area (Å²) in [7, 11) is 0. The van der Waals surface area contributed by atoms with E-state index in [9.17, 15) is 5.11 Å². The molecule has 2 aromatic rings.